The summed E-state index contributed by atoms with van der Waals surface area (Å²) in [6.07, 6.45) is 2.67. The largest absolute Gasteiger partial charge is 0.381 e. The lowest BCUT2D eigenvalue weighted by atomic mass is 10.3. The summed E-state index contributed by atoms with van der Waals surface area (Å²) in [5.74, 6) is 0.308. The quantitative estimate of drug-likeness (QED) is 0.759. The summed E-state index contributed by atoms with van der Waals surface area (Å²) < 4.78 is 5.20. The first kappa shape index (κ1) is 13.1. The van der Waals surface area contributed by atoms with E-state index in [1.54, 1.807) is 12.1 Å². The Bertz CT molecular complexity index is 395. The zero-order valence-electron chi connectivity index (χ0n) is 9.77. The van der Waals surface area contributed by atoms with E-state index in [2.05, 4.69) is 10.3 Å². The summed E-state index contributed by atoms with van der Waals surface area (Å²) in [6, 6.07) is 5.17. The summed E-state index contributed by atoms with van der Waals surface area (Å²) in [4.78, 5) is 15.4. The summed E-state index contributed by atoms with van der Waals surface area (Å²) in [5, 5.41) is 11.2. The van der Waals surface area contributed by atoms with Crippen molar-refractivity contribution < 1.29 is 9.53 Å². The Labute approximate surface area is 100 Å². The Balaban J connectivity index is 2.32. The number of nitriles is 1. The topological polar surface area (TPSA) is 75.0 Å². The lowest BCUT2D eigenvalue weighted by Crippen LogP contribution is -2.15. The maximum Gasteiger partial charge on any atom is 0.227 e. The van der Waals surface area contributed by atoms with Gasteiger partial charge in [0.05, 0.1) is 18.6 Å². The number of pyridine rings is 1. The molecule has 90 valence electrons. The van der Waals surface area contributed by atoms with Gasteiger partial charge in [0.25, 0.3) is 0 Å². The normalized spacial score (nSPS) is 9.65. The minimum atomic E-state index is -0.140. The number of aromatic nitrogens is 1. The molecular weight excluding hydrogens is 218 g/mol. The van der Waals surface area contributed by atoms with Crippen molar-refractivity contribution in [1.29, 1.82) is 5.26 Å². The highest BCUT2D eigenvalue weighted by molar-refractivity contribution is 5.89. The van der Waals surface area contributed by atoms with Crippen molar-refractivity contribution >= 4 is 11.7 Å². The van der Waals surface area contributed by atoms with Crippen LogP contribution < -0.4 is 5.32 Å². The molecule has 0 atom stereocenters. The van der Waals surface area contributed by atoms with Crippen LogP contribution in [0.1, 0.15) is 25.3 Å². The Morgan fingerprint density at radius 1 is 1.53 bits per heavy atom. The molecule has 0 saturated heterocycles. The number of carbonyl (C=O) groups excluding carboxylic acids is 1. The van der Waals surface area contributed by atoms with Gasteiger partial charge in [0.2, 0.25) is 5.91 Å². The number of anilines is 1. The molecule has 1 N–H and O–H groups in total. The lowest BCUT2D eigenvalue weighted by Gasteiger charge is -2.04. The number of hydrogen-bond acceptors (Lipinski definition) is 4. The van der Waals surface area contributed by atoms with Crippen LogP contribution in [0.4, 0.5) is 5.82 Å². The summed E-state index contributed by atoms with van der Waals surface area (Å²) in [6.45, 7) is 3.10. The van der Waals surface area contributed by atoms with Gasteiger partial charge in [-0.3, -0.25) is 4.79 Å². The average molecular weight is 233 g/mol. The first-order chi connectivity index (χ1) is 8.26. The molecule has 0 radical (unpaired) electrons. The molecule has 0 unspecified atom stereocenters. The van der Waals surface area contributed by atoms with E-state index in [1.165, 1.54) is 6.20 Å². The zero-order chi connectivity index (χ0) is 12.5. The minimum absolute atomic E-state index is 0.140. The highest BCUT2D eigenvalue weighted by Crippen LogP contribution is 2.04. The van der Waals surface area contributed by atoms with E-state index in [0.717, 1.165) is 6.42 Å². The van der Waals surface area contributed by atoms with Crippen molar-refractivity contribution in [3.05, 3.63) is 23.9 Å². The number of carbonyl (C=O) groups is 1. The van der Waals surface area contributed by atoms with Gasteiger partial charge in [-0.05, 0) is 18.6 Å². The molecule has 1 aromatic rings. The molecule has 0 aliphatic carbocycles. The van der Waals surface area contributed by atoms with E-state index in [0.29, 0.717) is 31.0 Å². The first-order valence-corrected chi connectivity index (χ1v) is 5.50. The maximum absolute atomic E-state index is 11.4. The van der Waals surface area contributed by atoms with Crippen molar-refractivity contribution in [3.63, 3.8) is 0 Å². The van der Waals surface area contributed by atoms with E-state index >= 15 is 0 Å². The fourth-order valence-electron chi connectivity index (χ4n) is 1.15. The first-order valence-electron chi connectivity index (χ1n) is 5.50. The molecule has 1 rings (SSSR count). The molecule has 5 heteroatoms. The van der Waals surface area contributed by atoms with Gasteiger partial charge in [-0.2, -0.15) is 5.26 Å². The molecule has 0 saturated carbocycles. The van der Waals surface area contributed by atoms with Crippen LogP contribution in [0.25, 0.3) is 0 Å². The second-order valence-corrected chi connectivity index (χ2v) is 3.45. The third kappa shape index (κ3) is 5.09. The highest BCUT2D eigenvalue weighted by atomic mass is 16.5. The van der Waals surface area contributed by atoms with E-state index in [1.807, 2.05) is 13.0 Å². The van der Waals surface area contributed by atoms with Crippen LogP contribution in [-0.2, 0) is 9.53 Å². The molecule has 1 heterocycles. The lowest BCUT2D eigenvalue weighted by molar-refractivity contribution is -0.117. The molecular formula is C12H15N3O2. The Morgan fingerprint density at radius 2 is 2.35 bits per heavy atom. The number of ether oxygens (including phenoxy) is 1. The van der Waals surface area contributed by atoms with E-state index < -0.39 is 0 Å². The van der Waals surface area contributed by atoms with Gasteiger partial charge in [0.1, 0.15) is 11.9 Å². The van der Waals surface area contributed by atoms with Crippen molar-refractivity contribution in [1.82, 2.24) is 4.98 Å². The van der Waals surface area contributed by atoms with Crippen LogP contribution in [0, 0.1) is 11.3 Å². The van der Waals surface area contributed by atoms with Crippen molar-refractivity contribution in [2.75, 3.05) is 18.5 Å². The summed E-state index contributed by atoms with van der Waals surface area (Å²) in [7, 11) is 0. The molecule has 1 aromatic heterocycles. The highest BCUT2D eigenvalue weighted by Gasteiger charge is 2.03. The van der Waals surface area contributed by atoms with E-state index in [4.69, 9.17) is 10.00 Å². The Kier molecular flexibility index (Phi) is 5.69. The number of rotatable bonds is 6. The van der Waals surface area contributed by atoms with Gasteiger partial charge in [-0.25, -0.2) is 4.98 Å². The van der Waals surface area contributed by atoms with Crippen molar-refractivity contribution in [3.8, 4) is 6.07 Å². The number of nitrogens with one attached hydrogen (secondary N) is 1. The molecule has 0 aliphatic rings. The zero-order valence-corrected chi connectivity index (χ0v) is 9.77. The molecule has 0 aromatic carbocycles. The predicted octanol–water partition coefficient (Wildman–Crippen LogP) is 1.71. The van der Waals surface area contributed by atoms with Gasteiger partial charge >= 0.3 is 0 Å². The van der Waals surface area contributed by atoms with Crippen LogP contribution in [0.3, 0.4) is 0 Å². The van der Waals surface area contributed by atoms with Crippen LogP contribution in [0.2, 0.25) is 0 Å². The minimum Gasteiger partial charge on any atom is -0.381 e. The van der Waals surface area contributed by atoms with Crippen molar-refractivity contribution in [2.45, 2.75) is 19.8 Å². The van der Waals surface area contributed by atoms with Crippen LogP contribution >= 0.6 is 0 Å². The molecule has 0 spiro atoms. The fraction of sp³-hybridized carbons (Fsp3) is 0.417. The monoisotopic (exact) mass is 233 g/mol. The summed E-state index contributed by atoms with van der Waals surface area (Å²) >= 11 is 0. The summed E-state index contributed by atoms with van der Waals surface area (Å²) in [5.41, 5.74) is 0.467. The van der Waals surface area contributed by atoms with Gasteiger partial charge in [-0.1, -0.05) is 6.92 Å². The van der Waals surface area contributed by atoms with Crippen molar-refractivity contribution in [2.24, 2.45) is 0 Å². The smallest absolute Gasteiger partial charge is 0.227 e. The maximum atomic E-state index is 11.4. The average Bonchev–Trinajstić information content (AvgIpc) is 2.36. The van der Waals surface area contributed by atoms with Crippen LogP contribution in [-0.4, -0.2) is 24.1 Å². The molecule has 0 fully saturated rings. The van der Waals surface area contributed by atoms with Gasteiger partial charge in [0.15, 0.2) is 0 Å². The number of nitrogens with zero attached hydrogens (tertiary/aromatic N) is 2. The molecule has 1 amide bonds. The third-order valence-corrected chi connectivity index (χ3v) is 1.98. The predicted molar refractivity (Wildman–Crippen MR) is 63.3 cm³/mol. The van der Waals surface area contributed by atoms with Gasteiger partial charge in [0, 0.05) is 12.8 Å². The van der Waals surface area contributed by atoms with Gasteiger partial charge in [-0.15, -0.1) is 0 Å². The Morgan fingerprint density at radius 3 is 2.94 bits per heavy atom. The van der Waals surface area contributed by atoms with E-state index in [-0.39, 0.29) is 5.91 Å². The fourth-order valence-corrected chi connectivity index (χ4v) is 1.15. The number of hydrogen-bond donors (Lipinski definition) is 1. The van der Waals surface area contributed by atoms with Crippen LogP contribution in [0.15, 0.2) is 18.3 Å². The second kappa shape index (κ2) is 7.36. The van der Waals surface area contributed by atoms with Gasteiger partial charge < -0.3 is 10.1 Å². The molecule has 17 heavy (non-hydrogen) atoms. The second-order valence-electron chi connectivity index (χ2n) is 3.45. The third-order valence-electron chi connectivity index (χ3n) is 1.98. The molecule has 5 nitrogen and oxygen atoms in total. The number of amides is 1. The van der Waals surface area contributed by atoms with E-state index in [9.17, 15) is 4.79 Å². The molecule has 0 bridgehead atoms. The van der Waals surface area contributed by atoms with Crippen LogP contribution in [0.5, 0.6) is 0 Å². The standard InChI is InChI=1S/C12H15N3O2/c1-2-6-17-7-5-12(16)15-11-4-3-10(8-13)9-14-11/h3-4,9H,2,5-7H2,1H3,(H,14,15,16). The Hall–Kier alpha value is -1.93. The molecule has 0 aliphatic heterocycles. The SMILES string of the molecule is CCCOCCC(=O)Nc1ccc(C#N)cn1.